The van der Waals surface area contributed by atoms with Crippen LogP contribution in [0.5, 0.6) is 0 Å². The Labute approximate surface area is 279 Å². The molecule has 3 heterocycles. The van der Waals surface area contributed by atoms with Gasteiger partial charge in [-0.3, -0.25) is 0 Å². The summed E-state index contributed by atoms with van der Waals surface area (Å²) in [6.07, 6.45) is 0. The summed E-state index contributed by atoms with van der Waals surface area (Å²) in [5, 5.41) is 6.63. The summed E-state index contributed by atoms with van der Waals surface area (Å²) in [6.45, 7) is 0. The first kappa shape index (κ1) is 27.0. The first-order chi connectivity index (χ1) is 23.7. The first-order valence-corrected chi connectivity index (χ1v) is 16.7. The third kappa shape index (κ3) is 4.40. The summed E-state index contributed by atoms with van der Waals surface area (Å²) in [7, 11) is 0. The van der Waals surface area contributed by atoms with Crippen LogP contribution in [0, 0.1) is 0 Å². The van der Waals surface area contributed by atoms with Gasteiger partial charge in [0.15, 0.2) is 5.58 Å². The summed E-state index contributed by atoms with van der Waals surface area (Å²) in [6, 6.07) is 52.8. The predicted molar refractivity (Wildman–Crippen MR) is 199 cm³/mol. The summed E-state index contributed by atoms with van der Waals surface area (Å²) in [5.41, 5.74) is 10.0. The van der Waals surface area contributed by atoms with Crippen molar-refractivity contribution in [2.75, 3.05) is 0 Å². The second-order valence-corrected chi connectivity index (χ2v) is 13.1. The van der Waals surface area contributed by atoms with Gasteiger partial charge >= 0.3 is 0 Å². The summed E-state index contributed by atoms with van der Waals surface area (Å²) in [4.78, 5) is 15.0. The minimum Gasteiger partial charge on any atom is -0.436 e. The average Bonchev–Trinajstić information content (AvgIpc) is 3.80. The Balaban J connectivity index is 1.04. The fourth-order valence-electron chi connectivity index (χ4n) is 6.73. The Morgan fingerprint density at radius 3 is 1.98 bits per heavy atom. The molecule has 0 atom stereocenters. The summed E-state index contributed by atoms with van der Waals surface area (Å²) >= 11 is 1.74. The monoisotopic (exact) mass is 631 g/mol. The lowest BCUT2D eigenvalue weighted by Gasteiger charge is -2.11. The number of hydrogen-bond acceptors (Lipinski definition) is 5. The Bertz CT molecular complexity index is 2800. The van der Waals surface area contributed by atoms with E-state index >= 15 is 0 Å². The average molecular weight is 632 g/mol. The quantitative estimate of drug-likeness (QED) is 0.181. The maximum Gasteiger partial charge on any atom is 0.227 e. The van der Waals surface area contributed by atoms with E-state index in [1.807, 2.05) is 48.5 Å². The number of fused-ring (bicyclic) bond motifs is 7. The van der Waals surface area contributed by atoms with Crippen molar-refractivity contribution in [1.82, 2.24) is 15.0 Å². The van der Waals surface area contributed by atoms with Crippen molar-refractivity contribution in [2.45, 2.75) is 0 Å². The minimum atomic E-state index is 0.619. The highest BCUT2D eigenvalue weighted by Gasteiger charge is 2.17. The number of oxazole rings is 1. The van der Waals surface area contributed by atoms with E-state index in [9.17, 15) is 0 Å². The van der Waals surface area contributed by atoms with Crippen molar-refractivity contribution in [3.8, 4) is 44.4 Å². The Kier molecular flexibility index (Phi) is 6.01. The minimum absolute atomic E-state index is 0.619. The van der Waals surface area contributed by atoms with Crippen LogP contribution >= 0.6 is 11.3 Å². The molecule has 0 aliphatic rings. The van der Waals surface area contributed by atoms with E-state index in [0.29, 0.717) is 5.89 Å². The van der Waals surface area contributed by atoms with Crippen molar-refractivity contribution in [1.29, 1.82) is 0 Å². The molecular weight excluding hydrogens is 607 g/mol. The van der Waals surface area contributed by atoms with Gasteiger partial charge in [0.25, 0.3) is 0 Å². The lowest BCUT2D eigenvalue weighted by Crippen LogP contribution is -1.91. The number of thiazole rings is 1. The van der Waals surface area contributed by atoms with Crippen molar-refractivity contribution < 1.29 is 4.42 Å². The van der Waals surface area contributed by atoms with Crippen molar-refractivity contribution in [3.63, 3.8) is 0 Å². The molecule has 0 N–H and O–H groups in total. The van der Waals surface area contributed by atoms with Gasteiger partial charge in [0.2, 0.25) is 5.89 Å². The number of aromatic nitrogens is 3. The fourth-order valence-corrected chi connectivity index (χ4v) is 7.69. The van der Waals surface area contributed by atoms with Crippen LogP contribution in [0.2, 0.25) is 0 Å². The van der Waals surface area contributed by atoms with Crippen LogP contribution in [-0.2, 0) is 0 Å². The normalized spacial score (nSPS) is 11.8. The maximum absolute atomic E-state index is 6.26. The van der Waals surface area contributed by atoms with Gasteiger partial charge in [0, 0.05) is 32.8 Å². The molecule has 224 valence electrons. The lowest BCUT2D eigenvalue weighted by molar-refractivity contribution is 0.620. The van der Waals surface area contributed by atoms with E-state index in [-0.39, 0.29) is 0 Å². The molecule has 7 aromatic carbocycles. The van der Waals surface area contributed by atoms with Crippen LogP contribution in [0.15, 0.2) is 156 Å². The van der Waals surface area contributed by atoms with Crippen molar-refractivity contribution in [2.24, 2.45) is 0 Å². The van der Waals surface area contributed by atoms with Gasteiger partial charge in [0.05, 0.1) is 21.4 Å². The summed E-state index contributed by atoms with van der Waals surface area (Å²) < 4.78 is 7.47. The van der Waals surface area contributed by atoms with Gasteiger partial charge in [-0.15, -0.1) is 11.3 Å². The van der Waals surface area contributed by atoms with Gasteiger partial charge in [0.1, 0.15) is 10.5 Å². The number of rotatable bonds is 4. The number of pyridine rings is 1. The second kappa shape index (κ2) is 10.7. The van der Waals surface area contributed by atoms with E-state index in [1.165, 1.54) is 21.0 Å². The zero-order chi connectivity index (χ0) is 31.6. The van der Waals surface area contributed by atoms with Gasteiger partial charge in [-0.05, 0) is 76.5 Å². The van der Waals surface area contributed by atoms with Crippen LogP contribution in [-0.4, -0.2) is 15.0 Å². The van der Waals surface area contributed by atoms with E-state index in [2.05, 4.69) is 103 Å². The Hall–Kier alpha value is -6.17. The molecule has 0 spiro atoms. The number of nitrogens with zero attached hydrogens (tertiary/aromatic N) is 3. The van der Waals surface area contributed by atoms with Crippen LogP contribution in [0.25, 0.3) is 98.2 Å². The van der Waals surface area contributed by atoms with Gasteiger partial charge in [-0.2, -0.15) is 0 Å². The molecule has 0 saturated carbocycles. The van der Waals surface area contributed by atoms with Crippen LogP contribution < -0.4 is 0 Å². The predicted octanol–water partition coefficient (Wildman–Crippen LogP) is 12.0. The van der Waals surface area contributed by atoms with Crippen LogP contribution in [0.3, 0.4) is 0 Å². The Morgan fingerprint density at radius 2 is 1.15 bits per heavy atom. The highest BCUT2D eigenvalue weighted by atomic mass is 32.1. The van der Waals surface area contributed by atoms with Crippen LogP contribution in [0.1, 0.15) is 0 Å². The standard InChI is InChI=1S/C43H25N3OS/c1-2-8-28(9-3-1)42-46-41-37(47-42)23-22-34-39(41)33-10-4-5-11-35(33)44-40(34)27-16-14-26(15-17-27)29-18-19-31-25-32(21-20-30(31)24-29)43-45-36-12-6-7-13-38(36)48-43/h1-25H. The highest BCUT2D eigenvalue weighted by Crippen LogP contribution is 2.39. The Morgan fingerprint density at radius 1 is 0.458 bits per heavy atom. The molecule has 10 aromatic rings. The van der Waals surface area contributed by atoms with Gasteiger partial charge in [-0.1, -0.05) is 97.1 Å². The SMILES string of the molecule is c1ccc(-c2nc3c(ccc4c(-c5ccc(-c6ccc7cc(-c8nc9ccccc9s8)ccc7c6)cc5)nc5ccccc5c43)o2)cc1. The van der Waals surface area contributed by atoms with E-state index < -0.39 is 0 Å². The van der Waals surface area contributed by atoms with Gasteiger partial charge < -0.3 is 4.42 Å². The largest absolute Gasteiger partial charge is 0.436 e. The smallest absolute Gasteiger partial charge is 0.227 e. The molecule has 0 fully saturated rings. The maximum atomic E-state index is 6.26. The van der Waals surface area contributed by atoms with E-state index in [0.717, 1.165) is 71.2 Å². The lowest BCUT2D eigenvalue weighted by atomic mass is 9.96. The molecule has 0 bridgehead atoms. The molecular formula is C43H25N3OS. The third-order valence-corrected chi connectivity index (χ3v) is 10.2. The zero-order valence-corrected chi connectivity index (χ0v) is 26.4. The van der Waals surface area contributed by atoms with Crippen molar-refractivity contribution in [3.05, 3.63) is 152 Å². The first-order valence-electron chi connectivity index (χ1n) is 15.9. The van der Waals surface area contributed by atoms with E-state index in [4.69, 9.17) is 19.4 Å². The number of benzene rings is 7. The molecule has 0 amide bonds. The van der Waals surface area contributed by atoms with Crippen molar-refractivity contribution >= 4 is 65.1 Å². The summed E-state index contributed by atoms with van der Waals surface area (Å²) in [5.74, 6) is 0.619. The second-order valence-electron chi connectivity index (χ2n) is 12.0. The number of para-hydroxylation sites is 2. The molecule has 48 heavy (non-hydrogen) atoms. The topological polar surface area (TPSA) is 51.8 Å². The molecule has 0 aliphatic carbocycles. The number of hydrogen-bond donors (Lipinski definition) is 0. The zero-order valence-electron chi connectivity index (χ0n) is 25.6. The molecule has 5 heteroatoms. The third-order valence-electron chi connectivity index (χ3n) is 9.12. The molecule has 10 rings (SSSR count). The molecule has 4 nitrogen and oxygen atoms in total. The highest BCUT2D eigenvalue weighted by molar-refractivity contribution is 7.21. The molecule has 0 aliphatic heterocycles. The molecule has 0 saturated heterocycles. The van der Waals surface area contributed by atoms with Crippen LogP contribution in [0.4, 0.5) is 0 Å². The van der Waals surface area contributed by atoms with Gasteiger partial charge in [-0.25, -0.2) is 15.0 Å². The fraction of sp³-hybridized carbons (Fsp3) is 0. The van der Waals surface area contributed by atoms with E-state index in [1.54, 1.807) is 11.3 Å². The molecule has 3 aromatic heterocycles. The molecule has 0 unspecified atom stereocenters. The molecule has 0 radical (unpaired) electrons.